The van der Waals surface area contributed by atoms with Gasteiger partial charge in [-0.2, -0.15) is 0 Å². The zero-order chi connectivity index (χ0) is 25.4. The molecule has 1 aromatic rings. The van der Waals surface area contributed by atoms with Crippen LogP contribution in [0.3, 0.4) is 0 Å². The molecule has 3 amide bonds. The zero-order valence-corrected chi connectivity index (χ0v) is 20.7. The van der Waals surface area contributed by atoms with Crippen LogP contribution in [-0.4, -0.2) is 74.1 Å². The number of thioether (sulfide) groups is 1. The molecule has 34 heavy (non-hydrogen) atoms. The number of likely N-dealkylation sites (N-methyl/N-ethyl adjacent to an activating group) is 1. The van der Waals surface area contributed by atoms with Gasteiger partial charge < -0.3 is 31.1 Å². The summed E-state index contributed by atoms with van der Waals surface area (Å²) in [5.74, 6) is -2.26. The number of amides is 3. The molecule has 2 fully saturated rings. The first-order valence-electron chi connectivity index (χ1n) is 11.2. The van der Waals surface area contributed by atoms with Crippen molar-refractivity contribution in [3.05, 3.63) is 29.8 Å². The number of benzene rings is 1. The lowest BCUT2D eigenvalue weighted by molar-refractivity contribution is -0.161. The minimum Gasteiger partial charge on any atom is -0.508 e. The van der Waals surface area contributed by atoms with Crippen molar-refractivity contribution in [2.75, 3.05) is 7.05 Å². The number of hydrogen-bond acceptors (Lipinski definition) is 7. The second kappa shape index (κ2) is 9.83. The van der Waals surface area contributed by atoms with E-state index in [9.17, 15) is 29.4 Å². The van der Waals surface area contributed by atoms with Crippen LogP contribution in [0.1, 0.15) is 45.7 Å². The second-order valence-electron chi connectivity index (χ2n) is 9.59. The molecule has 2 aliphatic heterocycles. The van der Waals surface area contributed by atoms with Gasteiger partial charge in [-0.15, -0.1) is 11.8 Å². The monoisotopic (exact) mass is 492 g/mol. The summed E-state index contributed by atoms with van der Waals surface area (Å²) < 4.78 is -0.715. The molecule has 1 aromatic carbocycles. The number of aromatic hydroxyl groups is 1. The Kier molecular flexibility index (Phi) is 7.47. The minimum absolute atomic E-state index is 0.0104. The van der Waals surface area contributed by atoms with E-state index >= 15 is 0 Å². The summed E-state index contributed by atoms with van der Waals surface area (Å²) >= 11 is 1.33. The third-order valence-corrected chi connectivity index (χ3v) is 7.69. The Balaban J connectivity index is 1.80. The Morgan fingerprint density at radius 3 is 2.29 bits per heavy atom. The lowest BCUT2D eigenvalue weighted by Gasteiger charge is -2.44. The second-order valence-corrected chi connectivity index (χ2v) is 11.4. The Morgan fingerprint density at radius 2 is 1.76 bits per heavy atom. The van der Waals surface area contributed by atoms with Crippen molar-refractivity contribution in [1.82, 2.24) is 20.9 Å². The number of carbonyl (C=O) groups is 4. The molecule has 1 unspecified atom stereocenters. The summed E-state index contributed by atoms with van der Waals surface area (Å²) in [6.45, 7) is 7.49. The molecular weight excluding hydrogens is 460 g/mol. The molecule has 5 N–H and O–H groups in total. The fraction of sp³-hybridized carbons (Fsp3) is 0.565. The lowest BCUT2D eigenvalue weighted by atomic mass is 9.95. The Hall–Kier alpha value is -2.79. The number of fused-ring (bicyclic) bond motifs is 1. The van der Waals surface area contributed by atoms with Gasteiger partial charge in [0.05, 0.1) is 6.04 Å². The molecule has 0 radical (unpaired) electrons. The highest BCUT2D eigenvalue weighted by molar-refractivity contribution is 8.01. The molecule has 0 saturated carbocycles. The van der Waals surface area contributed by atoms with Crippen molar-refractivity contribution in [1.29, 1.82) is 0 Å². The predicted octanol–water partition coefficient (Wildman–Crippen LogP) is 0.815. The van der Waals surface area contributed by atoms with Gasteiger partial charge in [0.15, 0.2) is 0 Å². The quantitative estimate of drug-likeness (QED) is 0.318. The molecule has 2 heterocycles. The fourth-order valence-corrected chi connectivity index (χ4v) is 6.04. The topological polar surface area (TPSA) is 148 Å². The van der Waals surface area contributed by atoms with Gasteiger partial charge in [0, 0.05) is 4.75 Å². The fourth-order valence-electron chi connectivity index (χ4n) is 4.42. The van der Waals surface area contributed by atoms with Gasteiger partial charge in [0.1, 0.15) is 29.2 Å². The average Bonchev–Trinajstić information content (AvgIpc) is 3.02. The van der Waals surface area contributed by atoms with Gasteiger partial charge in [-0.3, -0.25) is 14.4 Å². The molecule has 10 nitrogen and oxygen atoms in total. The van der Waals surface area contributed by atoms with Crippen LogP contribution in [0.2, 0.25) is 0 Å². The van der Waals surface area contributed by atoms with E-state index in [2.05, 4.69) is 16.0 Å². The van der Waals surface area contributed by atoms with Crippen LogP contribution in [0.4, 0.5) is 0 Å². The largest absolute Gasteiger partial charge is 0.508 e. The molecular formula is C23H32N4O6S. The van der Waals surface area contributed by atoms with Crippen LogP contribution in [0.25, 0.3) is 0 Å². The van der Waals surface area contributed by atoms with E-state index in [1.807, 2.05) is 13.8 Å². The van der Waals surface area contributed by atoms with Gasteiger partial charge in [-0.25, -0.2) is 4.79 Å². The molecule has 0 bridgehead atoms. The van der Waals surface area contributed by atoms with Crippen LogP contribution in [0, 0.1) is 5.92 Å². The molecule has 0 aromatic heterocycles. The number of phenolic OH excluding ortho intramolecular Hbond substituents is 1. The highest BCUT2D eigenvalue weighted by atomic mass is 32.2. The summed E-state index contributed by atoms with van der Waals surface area (Å²) in [5.41, 5.74) is 0.439. The number of aliphatic carboxylic acids is 1. The Bertz CT molecular complexity index is 967. The highest BCUT2D eigenvalue weighted by Gasteiger charge is 2.64. The minimum atomic E-state index is -1.10. The molecule has 11 heteroatoms. The Morgan fingerprint density at radius 1 is 1.15 bits per heavy atom. The number of nitrogens with zero attached hydrogens (tertiary/aromatic N) is 1. The number of phenols is 1. The summed E-state index contributed by atoms with van der Waals surface area (Å²) in [7, 11) is 1.67. The number of carboxylic acid groups (broad SMARTS) is 1. The van der Waals surface area contributed by atoms with E-state index in [0.717, 1.165) is 0 Å². The van der Waals surface area contributed by atoms with E-state index < -0.39 is 52.1 Å². The SMILES string of the molecule is CN[C@@H](CC(C)C)C(=O)NC(C(=O)N[C@@H]1C(=O)N2[C@@H]1SC(C)(C)[C@@H]2C(=O)O)c1ccc(O)cc1. The maximum Gasteiger partial charge on any atom is 0.327 e. The molecule has 0 spiro atoms. The molecule has 5 atom stereocenters. The number of carboxylic acids is 1. The van der Waals surface area contributed by atoms with E-state index in [4.69, 9.17) is 0 Å². The van der Waals surface area contributed by atoms with Gasteiger partial charge in [0.2, 0.25) is 17.7 Å². The normalized spacial score (nSPS) is 24.7. The summed E-state index contributed by atoms with van der Waals surface area (Å²) in [6.07, 6.45) is 0.562. The van der Waals surface area contributed by atoms with Gasteiger partial charge >= 0.3 is 5.97 Å². The third-order valence-electron chi connectivity index (χ3n) is 6.12. The molecule has 2 saturated heterocycles. The van der Waals surface area contributed by atoms with Gasteiger partial charge in [0.25, 0.3) is 0 Å². The molecule has 3 rings (SSSR count). The van der Waals surface area contributed by atoms with Crippen LogP contribution in [-0.2, 0) is 19.2 Å². The van der Waals surface area contributed by atoms with Gasteiger partial charge in [-0.05, 0) is 50.9 Å². The number of nitrogens with one attached hydrogen (secondary N) is 3. The highest BCUT2D eigenvalue weighted by Crippen LogP contribution is 2.50. The maximum atomic E-state index is 13.3. The van der Waals surface area contributed by atoms with Crippen LogP contribution >= 0.6 is 11.8 Å². The van der Waals surface area contributed by atoms with E-state index in [1.54, 1.807) is 20.9 Å². The van der Waals surface area contributed by atoms with Crippen molar-refractivity contribution in [3.63, 3.8) is 0 Å². The Labute approximate surface area is 202 Å². The van der Waals surface area contributed by atoms with E-state index in [-0.39, 0.29) is 17.6 Å². The number of β-lactam (4-membered cyclic amide) rings is 1. The molecule has 186 valence electrons. The smallest absolute Gasteiger partial charge is 0.327 e. The van der Waals surface area contributed by atoms with Crippen molar-refractivity contribution in [3.8, 4) is 5.75 Å². The average molecular weight is 493 g/mol. The van der Waals surface area contributed by atoms with E-state index in [1.165, 1.54) is 40.9 Å². The summed E-state index contributed by atoms with van der Waals surface area (Å²) in [5, 5.41) is 27.1. The first-order valence-corrected chi connectivity index (χ1v) is 12.0. The maximum absolute atomic E-state index is 13.3. The van der Waals surface area contributed by atoms with Crippen LogP contribution in [0.15, 0.2) is 24.3 Å². The van der Waals surface area contributed by atoms with E-state index in [0.29, 0.717) is 12.0 Å². The molecule has 0 aliphatic carbocycles. The van der Waals surface area contributed by atoms with Crippen LogP contribution < -0.4 is 16.0 Å². The van der Waals surface area contributed by atoms with Crippen molar-refractivity contribution < 1.29 is 29.4 Å². The van der Waals surface area contributed by atoms with Gasteiger partial charge in [-0.1, -0.05) is 26.0 Å². The number of hydrogen-bond donors (Lipinski definition) is 5. The first-order chi connectivity index (χ1) is 15.9. The number of carbonyl (C=O) groups excluding carboxylic acids is 3. The van der Waals surface area contributed by atoms with Crippen LogP contribution in [0.5, 0.6) is 5.75 Å². The lowest BCUT2D eigenvalue weighted by Crippen LogP contribution is -2.71. The molecule has 2 aliphatic rings. The summed E-state index contributed by atoms with van der Waals surface area (Å²) in [6, 6.07) is 2.38. The first kappa shape index (κ1) is 25.8. The number of rotatable bonds is 9. The summed E-state index contributed by atoms with van der Waals surface area (Å²) in [4.78, 5) is 52.1. The third kappa shape index (κ3) is 5.00. The standard InChI is InChI=1S/C23H32N4O6S/c1-11(2)10-14(24-5)18(29)25-15(12-6-8-13(28)9-7-12)19(30)26-16-20(31)27-17(22(32)33)23(3,4)34-21(16)27/h6-9,11,14-17,21,24,28H,10H2,1-5H3,(H,25,29)(H,26,30)(H,32,33)/t14-,15?,16+,17-,21+/m0/s1. The predicted molar refractivity (Wildman–Crippen MR) is 127 cm³/mol. The zero-order valence-electron chi connectivity index (χ0n) is 19.9. The van der Waals surface area contributed by atoms with Crippen molar-refractivity contribution >= 4 is 35.5 Å². The van der Waals surface area contributed by atoms with Crippen molar-refractivity contribution in [2.24, 2.45) is 5.92 Å². The van der Waals surface area contributed by atoms with Crippen molar-refractivity contribution in [2.45, 2.75) is 68.4 Å².